The quantitative estimate of drug-likeness (QED) is 0.915. The summed E-state index contributed by atoms with van der Waals surface area (Å²) < 4.78 is 14.4. The van der Waals surface area contributed by atoms with E-state index < -0.39 is 0 Å². The Bertz CT molecular complexity index is 610. The first kappa shape index (κ1) is 14.1. The van der Waals surface area contributed by atoms with E-state index in [-0.39, 0.29) is 11.9 Å². The molecule has 21 heavy (non-hydrogen) atoms. The number of anilines is 1. The molecule has 0 spiro atoms. The van der Waals surface area contributed by atoms with Crippen molar-refractivity contribution in [3.8, 4) is 0 Å². The Kier molecular flexibility index (Phi) is 3.93. The van der Waals surface area contributed by atoms with Gasteiger partial charge in [0.1, 0.15) is 5.82 Å². The third-order valence-electron chi connectivity index (χ3n) is 4.26. The maximum absolute atomic E-state index is 14.4. The highest BCUT2D eigenvalue weighted by Gasteiger charge is 2.17. The molecule has 2 aromatic rings. The van der Waals surface area contributed by atoms with Crippen LogP contribution in [0.25, 0.3) is 0 Å². The Morgan fingerprint density at radius 2 is 1.67 bits per heavy atom. The second kappa shape index (κ2) is 5.86. The van der Waals surface area contributed by atoms with Gasteiger partial charge in [0.25, 0.3) is 0 Å². The van der Waals surface area contributed by atoms with E-state index in [0.717, 1.165) is 31.5 Å². The van der Waals surface area contributed by atoms with E-state index in [9.17, 15) is 4.39 Å². The van der Waals surface area contributed by atoms with Crippen molar-refractivity contribution >= 4 is 5.69 Å². The minimum atomic E-state index is -0.171. The van der Waals surface area contributed by atoms with Gasteiger partial charge in [-0.1, -0.05) is 30.3 Å². The van der Waals surface area contributed by atoms with Crippen molar-refractivity contribution in [3.05, 3.63) is 65.0 Å². The number of nitrogens with two attached hydrogens (primary N) is 1. The average Bonchev–Trinajstić information content (AvgIpc) is 2.70. The van der Waals surface area contributed by atoms with Crippen LogP contribution in [0.2, 0.25) is 0 Å². The Balaban J connectivity index is 1.83. The molecule has 0 bridgehead atoms. The van der Waals surface area contributed by atoms with Gasteiger partial charge < -0.3 is 10.6 Å². The van der Waals surface area contributed by atoms with Gasteiger partial charge in [-0.05, 0) is 48.6 Å². The van der Waals surface area contributed by atoms with Gasteiger partial charge in [0.2, 0.25) is 0 Å². The Labute approximate surface area is 125 Å². The smallest absolute Gasteiger partial charge is 0.146 e. The summed E-state index contributed by atoms with van der Waals surface area (Å²) in [4.78, 5) is 2.14. The molecule has 0 fully saturated rings. The van der Waals surface area contributed by atoms with Crippen molar-refractivity contribution in [3.63, 3.8) is 0 Å². The van der Waals surface area contributed by atoms with E-state index in [1.807, 2.05) is 19.1 Å². The summed E-state index contributed by atoms with van der Waals surface area (Å²) >= 11 is 0. The minimum Gasteiger partial charge on any atom is -0.369 e. The fourth-order valence-corrected chi connectivity index (χ4v) is 2.97. The van der Waals surface area contributed by atoms with Crippen LogP contribution in [0, 0.1) is 5.82 Å². The third kappa shape index (κ3) is 2.93. The summed E-state index contributed by atoms with van der Waals surface area (Å²) in [7, 11) is 0. The first-order valence-electron chi connectivity index (χ1n) is 7.52. The van der Waals surface area contributed by atoms with Crippen LogP contribution >= 0.6 is 0 Å². The number of hydrogen-bond donors (Lipinski definition) is 1. The van der Waals surface area contributed by atoms with Crippen molar-refractivity contribution in [2.24, 2.45) is 5.73 Å². The lowest BCUT2D eigenvalue weighted by atomic mass is 10.0. The van der Waals surface area contributed by atoms with Crippen LogP contribution in [-0.4, -0.2) is 13.1 Å². The van der Waals surface area contributed by atoms with Crippen LogP contribution in [0.4, 0.5) is 10.1 Å². The van der Waals surface area contributed by atoms with Gasteiger partial charge in [0.05, 0.1) is 5.69 Å². The van der Waals surface area contributed by atoms with Gasteiger partial charge in [0.15, 0.2) is 0 Å². The molecule has 3 rings (SSSR count). The predicted molar refractivity (Wildman–Crippen MR) is 85.1 cm³/mol. The number of benzene rings is 2. The topological polar surface area (TPSA) is 29.3 Å². The van der Waals surface area contributed by atoms with Crippen LogP contribution < -0.4 is 10.6 Å². The molecular formula is C18H21FN2. The summed E-state index contributed by atoms with van der Waals surface area (Å²) in [6, 6.07) is 13.7. The molecule has 110 valence electrons. The Hall–Kier alpha value is -1.87. The van der Waals surface area contributed by atoms with Crippen LogP contribution in [0.3, 0.4) is 0 Å². The first-order chi connectivity index (χ1) is 10.1. The fraction of sp³-hybridized carbons (Fsp3) is 0.333. The van der Waals surface area contributed by atoms with Crippen LogP contribution in [-0.2, 0) is 12.8 Å². The normalized spacial score (nSPS) is 16.2. The predicted octanol–water partition coefficient (Wildman–Crippen LogP) is 3.45. The number of nitrogens with zero attached hydrogens (tertiary/aromatic N) is 1. The summed E-state index contributed by atoms with van der Waals surface area (Å²) in [5.74, 6) is -0.171. The van der Waals surface area contributed by atoms with E-state index >= 15 is 0 Å². The molecular weight excluding hydrogens is 263 g/mol. The molecule has 2 N–H and O–H groups in total. The van der Waals surface area contributed by atoms with E-state index in [1.54, 1.807) is 6.07 Å². The molecule has 0 aromatic heterocycles. The van der Waals surface area contributed by atoms with Crippen LogP contribution in [0.5, 0.6) is 0 Å². The van der Waals surface area contributed by atoms with Gasteiger partial charge in [-0.2, -0.15) is 0 Å². The lowest BCUT2D eigenvalue weighted by Gasteiger charge is -2.23. The summed E-state index contributed by atoms with van der Waals surface area (Å²) in [6.07, 6.45) is 1.93. The number of halogens is 1. The number of fused-ring (bicyclic) bond motifs is 1. The van der Waals surface area contributed by atoms with Gasteiger partial charge in [-0.25, -0.2) is 4.39 Å². The SMILES string of the molecule is C[C@@H](N)c1ccc(N2CCc3ccccc3CC2)c(F)c1. The van der Waals surface area contributed by atoms with Crippen LogP contribution in [0.15, 0.2) is 42.5 Å². The first-order valence-corrected chi connectivity index (χ1v) is 7.52. The molecule has 1 heterocycles. The maximum atomic E-state index is 14.4. The van der Waals surface area contributed by atoms with Gasteiger partial charge >= 0.3 is 0 Å². The highest BCUT2D eigenvalue weighted by Crippen LogP contribution is 2.25. The molecule has 0 saturated carbocycles. The number of rotatable bonds is 2. The zero-order valence-electron chi connectivity index (χ0n) is 12.3. The van der Waals surface area contributed by atoms with Crippen molar-refractivity contribution in [2.45, 2.75) is 25.8 Å². The monoisotopic (exact) mass is 284 g/mol. The molecule has 3 heteroatoms. The standard InChI is InChI=1S/C18H21FN2/c1-13(20)16-6-7-18(17(19)12-16)21-10-8-14-4-2-3-5-15(14)9-11-21/h2-7,12-13H,8-11,20H2,1H3/t13-/m1/s1. The van der Waals surface area contributed by atoms with Crippen LogP contribution in [0.1, 0.15) is 29.7 Å². The molecule has 0 unspecified atom stereocenters. The lowest BCUT2D eigenvalue weighted by molar-refractivity contribution is 0.612. The summed E-state index contributed by atoms with van der Waals surface area (Å²) in [5, 5.41) is 0. The molecule has 0 saturated heterocycles. The zero-order chi connectivity index (χ0) is 14.8. The molecule has 0 radical (unpaired) electrons. The highest BCUT2D eigenvalue weighted by atomic mass is 19.1. The highest BCUT2D eigenvalue weighted by molar-refractivity contribution is 5.50. The van der Waals surface area contributed by atoms with Gasteiger partial charge in [-0.3, -0.25) is 0 Å². The molecule has 1 atom stereocenters. The van der Waals surface area contributed by atoms with Crippen molar-refractivity contribution in [2.75, 3.05) is 18.0 Å². The van der Waals surface area contributed by atoms with E-state index in [0.29, 0.717) is 5.69 Å². The third-order valence-corrected chi connectivity index (χ3v) is 4.26. The second-order valence-corrected chi connectivity index (χ2v) is 5.76. The molecule has 2 aromatic carbocycles. The van der Waals surface area contributed by atoms with Gasteiger partial charge in [0, 0.05) is 19.1 Å². The molecule has 2 nitrogen and oxygen atoms in total. The number of hydrogen-bond acceptors (Lipinski definition) is 2. The molecule has 1 aliphatic heterocycles. The van der Waals surface area contributed by atoms with Crippen molar-refractivity contribution < 1.29 is 4.39 Å². The van der Waals surface area contributed by atoms with Gasteiger partial charge in [-0.15, -0.1) is 0 Å². The fourth-order valence-electron chi connectivity index (χ4n) is 2.97. The zero-order valence-corrected chi connectivity index (χ0v) is 12.3. The molecule has 0 amide bonds. The second-order valence-electron chi connectivity index (χ2n) is 5.76. The van der Waals surface area contributed by atoms with E-state index in [1.165, 1.54) is 11.1 Å². The van der Waals surface area contributed by atoms with E-state index in [2.05, 4.69) is 29.2 Å². The summed E-state index contributed by atoms with van der Waals surface area (Å²) in [6.45, 7) is 3.58. The van der Waals surface area contributed by atoms with E-state index in [4.69, 9.17) is 5.73 Å². The summed E-state index contributed by atoms with van der Waals surface area (Å²) in [5.41, 5.74) is 10.1. The van der Waals surface area contributed by atoms with Crippen molar-refractivity contribution in [1.29, 1.82) is 0 Å². The Morgan fingerprint density at radius 3 is 2.19 bits per heavy atom. The largest absolute Gasteiger partial charge is 0.369 e. The molecule has 0 aliphatic carbocycles. The average molecular weight is 284 g/mol. The molecule has 1 aliphatic rings. The Morgan fingerprint density at radius 1 is 1.05 bits per heavy atom. The maximum Gasteiger partial charge on any atom is 0.146 e. The minimum absolute atomic E-state index is 0.137. The lowest BCUT2D eigenvalue weighted by Crippen LogP contribution is -2.27. The van der Waals surface area contributed by atoms with Crippen molar-refractivity contribution in [1.82, 2.24) is 0 Å².